The lowest BCUT2D eigenvalue weighted by Gasteiger charge is -2.32. The third-order valence-electron chi connectivity index (χ3n) is 2.65. The van der Waals surface area contributed by atoms with Gasteiger partial charge in [-0.2, -0.15) is 0 Å². The number of hydrogen-bond donors (Lipinski definition) is 2. The number of benzene rings is 1. The summed E-state index contributed by atoms with van der Waals surface area (Å²) in [5, 5.41) is 9.35. The van der Waals surface area contributed by atoms with Crippen LogP contribution in [-0.4, -0.2) is 24.2 Å². The van der Waals surface area contributed by atoms with E-state index in [1.54, 1.807) is 12.1 Å². The summed E-state index contributed by atoms with van der Waals surface area (Å²) < 4.78 is 0. The fraction of sp³-hybridized carbons (Fsp3) is 0.455. The summed E-state index contributed by atoms with van der Waals surface area (Å²) in [7, 11) is 0. The summed E-state index contributed by atoms with van der Waals surface area (Å²) in [6.45, 7) is 1.93. The molecule has 1 fully saturated rings. The monoisotopic (exact) mass is 192 g/mol. The number of phenols is 1. The Morgan fingerprint density at radius 2 is 2.29 bits per heavy atom. The van der Waals surface area contributed by atoms with E-state index in [4.69, 9.17) is 5.73 Å². The number of phenolic OH excluding ortho intramolecular Hbond substituents is 1. The molecule has 14 heavy (non-hydrogen) atoms. The van der Waals surface area contributed by atoms with Crippen molar-refractivity contribution in [2.75, 3.05) is 18.0 Å². The second-order valence-electron chi connectivity index (χ2n) is 3.87. The van der Waals surface area contributed by atoms with E-state index in [1.165, 1.54) is 0 Å². The van der Waals surface area contributed by atoms with Crippen LogP contribution in [0.4, 0.5) is 5.69 Å². The van der Waals surface area contributed by atoms with Gasteiger partial charge in [0.2, 0.25) is 0 Å². The van der Waals surface area contributed by atoms with Gasteiger partial charge in [-0.05, 0) is 25.0 Å². The van der Waals surface area contributed by atoms with E-state index in [9.17, 15) is 5.11 Å². The molecule has 2 rings (SSSR count). The summed E-state index contributed by atoms with van der Waals surface area (Å²) >= 11 is 0. The summed E-state index contributed by atoms with van der Waals surface area (Å²) in [6, 6.07) is 7.62. The fourth-order valence-corrected chi connectivity index (χ4v) is 1.93. The van der Waals surface area contributed by atoms with Crippen molar-refractivity contribution in [1.82, 2.24) is 0 Å². The zero-order valence-electron chi connectivity index (χ0n) is 8.19. The van der Waals surface area contributed by atoms with E-state index in [0.29, 0.717) is 5.75 Å². The Bertz CT molecular complexity index is 314. The van der Waals surface area contributed by atoms with Gasteiger partial charge in [-0.1, -0.05) is 6.07 Å². The van der Waals surface area contributed by atoms with Crippen LogP contribution in [0.3, 0.4) is 0 Å². The Morgan fingerprint density at radius 3 is 3.00 bits per heavy atom. The average molecular weight is 192 g/mol. The van der Waals surface area contributed by atoms with Crippen molar-refractivity contribution in [2.24, 2.45) is 5.73 Å². The molecule has 3 N–H and O–H groups in total. The topological polar surface area (TPSA) is 49.5 Å². The van der Waals surface area contributed by atoms with E-state index in [1.807, 2.05) is 12.1 Å². The molecule has 1 unspecified atom stereocenters. The third-order valence-corrected chi connectivity index (χ3v) is 2.65. The average Bonchev–Trinajstić information content (AvgIpc) is 2.18. The lowest BCUT2D eigenvalue weighted by Crippen LogP contribution is -2.42. The van der Waals surface area contributed by atoms with Crippen LogP contribution in [0.15, 0.2) is 24.3 Å². The molecule has 3 nitrogen and oxygen atoms in total. The number of hydrogen-bond acceptors (Lipinski definition) is 3. The van der Waals surface area contributed by atoms with Crippen molar-refractivity contribution in [3.63, 3.8) is 0 Å². The molecule has 0 bridgehead atoms. The van der Waals surface area contributed by atoms with Gasteiger partial charge in [-0.3, -0.25) is 0 Å². The molecule has 1 atom stereocenters. The maximum Gasteiger partial charge on any atom is 0.117 e. The fourth-order valence-electron chi connectivity index (χ4n) is 1.93. The molecule has 0 aliphatic carbocycles. The van der Waals surface area contributed by atoms with Gasteiger partial charge in [0.05, 0.1) is 0 Å². The number of anilines is 1. The van der Waals surface area contributed by atoms with Crippen LogP contribution in [0, 0.1) is 0 Å². The van der Waals surface area contributed by atoms with E-state index in [0.717, 1.165) is 31.6 Å². The van der Waals surface area contributed by atoms with Crippen LogP contribution in [0.25, 0.3) is 0 Å². The van der Waals surface area contributed by atoms with Crippen molar-refractivity contribution < 1.29 is 5.11 Å². The summed E-state index contributed by atoms with van der Waals surface area (Å²) in [5.74, 6) is 0.321. The minimum absolute atomic E-state index is 0.270. The first kappa shape index (κ1) is 9.34. The molecule has 0 saturated carbocycles. The molecule has 1 saturated heterocycles. The maximum absolute atomic E-state index is 9.35. The number of rotatable bonds is 1. The third kappa shape index (κ3) is 1.99. The van der Waals surface area contributed by atoms with E-state index >= 15 is 0 Å². The minimum Gasteiger partial charge on any atom is -0.508 e. The molecule has 0 spiro atoms. The molecule has 1 aromatic rings. The first-order valence-corrected chi connectivity index (χ1v) is 5.05. The second kappa shape index (κ2) is 3.88. The summed E-state index contributed by atoms with van der Waals surface area (Å²) in [6.07, 6.45) is 2.24. The molecule has 1 aromatic carbocycles. The number of nitrogens with two attached hydrogens (primary N) is 1. The van der Waals surface area contributed by atoms with Gasteiger partial charge in [0, 0.05) is 30.9 Å². The molecule has 0 amide bonds. The smallest absolute Gasteiger partial charge is 0.117 e. The Morgan fingerprint density at radius 1 is 1.43 bits per heavy atom. The number of aromatic hydroxyl groups is 1. The van der Waals surface area contributed by atoms with Crippen LogP contribution in [0.1, 0.15) is 12.8 Å². The number of piperidine rings is 1. The van der Waals surface area contributed by atoms with Gasteiger partial charge >= 0.3 is 0 Å². The summed E-state index contributed by atoms with van der Waals surface area (Å²) in [4.78, 5) is 2.23. The van der Waals surface area contributed by atoms with Gasteiger partial charge in [0.1, 0.15) is 5.75 Å². The lowest BCUT2D eigenvalue weighted by molar-refractivity contribution is 0.473. The normalized spacial score (nSPS) is 22.4. The Hall–Kier alpha value is -1.22. The van der Waals surface area contributed by atoms with Crippen molar-refractivity contribution in [3.8, 4) is 5.75 Å². The van der Waals surface area contributed by atoms with Gasteiger partial charge in [0.25, 0.3) is 0 Å². The van der Waals surface area contributed by atoms with Crippen molar-refractivity contribution in [1.29, 1.82) is 0 Å². The van der Waals surface area contributed by atoms with E-state index in [-0.39, 0.29) is 6.04 Å². The lowest BCUT2D eigenvalue weighted by atomic mass is 10.1. The Balaban J connectivity index is 2.14. The van der Waals surface area contributed by atoms with Crippen molar-refractivity contribution in [2.45, 2.75) is 18.9 Å². The molecule has 3 heteroatoms. The second-order valence-corrected chi connectivity index (χ2v) is 3.87. The van der Waals surface area contributed by atoms with E-state index < -0.39 is 0 Å². The van der Waals surface area contributed by atoms with Gasteiger partial charge in [-0.25, -0.2) is 0 Å². The minimum atomic E-state index is 0.270. The predicted molar refractivity (Wildman–Crippen MR) is 57.5 cm³/mol. The van der Waals surface area contributed by atoms with Crippen LogP contribution < -0.4 is 10.6 Å². The predicted octanol–water partition coefficient (Wildman–Crippen LogP) is 1.32. The zero-order chi connectivity index (χ0) is 9.97. The molecular weight excluding hydrogens is 176 g/mol. The first-order chi connectivity index (χ1) is 6.75. The molecular formula is C11H16N2O. The highest BCUT2D eigenvalue weighted by molar-refractivity contribution is 5.50. The molecule has 1 aliphatic heterocycles. The Labute approximate surface area is 84.1 Å². The van der Waals surface area contributed by atoms with Crippen LogP contribution in [0.5, 0.6) is 5.75 Å². The molecule has 0 radical (unpaired) electrons. The van der Waals surface area contributed by atoms with Crippen LogP contribution in [0.2, 0.25) is 0 Å². The molecule has 0 aromatic heterocycles. The molecule has 1 heterocycles. The summed E-state index contributed by atoms with van der Waals surface area (Å²) in [5.41, 5.74) is 6.97. The van der Waals surface area contributed by atoms with Gasteiger partial charge < -0.3 is 15.7 Å². The molecule has 76 valence electrons. The maximum atomic E-state index is 9.35. The number of nitrogens with zero attached hydrogens (tertiary/aromatic N) is 1. The Kier molecular flexibility index (Phi) is 2.59. The van der Waals surface area contributed by atoms with E-state index in [2.05, 4.69) is 4.90 Å². The highest BCUT2D eigenvalue weighted by atomic mass is 16.3. The van der Waals surface area contributed by atoms with Crippen molar-refractivity contribution >= 4 is 5.69 Å². The SMILES string of the molecule is NC1CCCN(c2cccc(O)c2)C1. The highest BCUT2D eigenvalue weighted by Crippen LogP contribution is 2.22. The zero-order valence-corrected chi connectivity index (χ0v) is 8.19. The van der Waals surface area contributed by atoms with Gasteiger partial charge in [-0.15, -0.1) is 0 Å². The standard InChI is InChI=1S/C11H16N2O/c12-9-3-2-6-13(8-9)10-4-1-5-11(14)7-10/h1,4-5,7,9,14H,2-3,6,8,12H2. The quantitative estimate of drug-likeness (QED) is 0.705. The van der Waals surface area contributed by atoms with Crippen LogP contribution >= 0.6 is 0 Å². The van der Waals surface area contributed by atoms with Crippen LogP contribution in [-0.2, 0) is 0 Å². The highest BCUT2D eigenvalue weighted by Gasteiger charge is 2.16. The first-order valence-electron chi connectivity index (χ1n) is 5.05. The van der Waals surface area contributed by atoms with Crippen molar-refractivity contribution in [3.05, 3.63) is 24.3 Å². The largest absolute Gasteiger partial charge is 0.508 e. The molecule has 1 aliphatic rings. The van der Waals surface area contributed by atoms with Gasteiger partial charge in [0.15, 0.2) is 0 Å².